The van der Waals surface area contributed by atoms with Crippen molar-refractivity contribution in [3.63, 3.8) is 0 Å². The van der Waals surface area contributed by atoms with Crippen molar-refractivity contribution >= 4 is 35.5 Å². The maximum Gasteiger partial charge on any atom is 0.412 e. The highest BCUT2D eigenvalue weighted by atomic mass is 16.6. The van der Waals surface area contributed by atoms with Crippen molar-refractivity contribution in [1.29, 1.82) is 0 Å². The van der Waals surface area contributed by atoms with Crippen molar-refractivity contribution in [2.75, 3.05) is 10.6 Å². The fraction of sp³-hybridized carbons (Fsp3) is 0.429. The highest BCUT2D eigenvalue weighted by Gasteiger charge is 2.33. The van der Waals surface area contributed by atoms with Crippen LogP contribution in [0.2, 0.25) is 0 Å². The van der Waals surface area contributed by atoms with Crippen LogP contribution in [0.5, 0.6) is 0 Å². The molecule has 0 saturated heterocycles. The van der Waals surface area contributed by atoms with Crippen LogP contribution in [0.3, 0.4) is 0 Å². The Bertz CT molecular complexity index is 1280. The van der Waals surface area contributed by atoms with Gasteiger partial charge in [0, 0.05) is 22.5 Å². The Morgan fingerprint density at radius 1 is 0.578 bits per heavy atom. The van der Waals surface area contributed by atoms with Crippen molar-refractivity contribution < 1.29 is 38.1 Å². The van der Waals surface area contributed by atoms with E-state index in [9.17, 15) is 19.2 Å². The summed E-state index contributed by atoms with van der Waals surface area (Å²) in [6.07, 6.45) is 3.61. The van der Waals surface area contributed by atoms with E-state index in [-0.39, 0.29) is 0 Å². The van der Waals surface area contributed by atoms with Crippen molar-refractivity contribution in [2.24, 2.45) is 0 Å². The number of ether oxygens (including phenoxy) is 4. The van der Waals surface area contributed by atoms with Crippen LogP contribution in [0.1, 0.15) is 76.3 Å². The fourth-order valence-corrected chi connectivity index (χ4v) is 5.36. The number of carbonyl (C=O) groups excluding carboxylic acids is 4. The van der Waals surface area contributed by atoms with Gasteiger partial charge in [0.1, 0.15) is 24.4 Å². The minimum Gasteiger partial charge on any atom is -0.455 e. The molecule has 0 aromatic heterocycles. The Morgan fingerprint density at radius 2 is 0.889 bits per heavy atom. The third kappa shape index (κ3) is 10.2. The van der Waals surface area contributed by atoms with E-state index in [2.05, 4.69) is 23.8 Å². The Balaban J connectivity index is 1.23. The van der Waals surface area contributed by atoms with Gasteiger partial charge in [0.2, 0.25) is 0 Å². The van der Waals surface area contributed by atoms with Crippen molar-refractivity contribution in [3.05, 3.63) is 84.0 Å². The molecule has 10 heteroatoms. The maximum absolute atomic E-state index is 12.6. The molecule has 4 unspecified atom stereocenters. The zero-order valence-electron chi connectivity index (χ0n) is 26.0. The van der Waals surface area contributed by atoms with Gasteiger partial charge in [-0.05, 0) is 107 Å². The lowest BCUT2D eigenvalue weighted by atomic mass is 9.94. The third-order valence-electron chi connectivity index (χ3n) is 7.82. The Morgan fingerprint density at radius 3 is 1.20 bits per heavy atom. The van der Waals surface area contributed by atoms with Gasteiger partial charge in [-0.15, -0.1) is 0 Å². The van der Waals surface area contributed by atoms with Crippen LogP contribution in [-0.4, -0.2) is 48.5 Å². The summed E-state index contributed by atoms with van der Waals surface area (Å²) in [5.74, 6) is -0.957. The molecule has 2 aromatic carbocycles. The molecule has 45 heavy (non-hydrogen) atoms. The van der Waals surface area contributed by atoms with E-state index in [1.165, 1.54) is 0 Å². The molecule has 2 N–H and O–H groups in total. The van der Waals surface area contributed by atoms with Crippen molar-refractivity contribution in [1.82, 2.24) is 0 Å². The summed E-state index contributed by atoms with van der Waals surface area (Å²) in [5.41, 5.74) is 3.85. The molecule has 2 aliphatic rings. The zero-order valence-corrected chi connectivity index (χ0v) is 26.0. The smallest absolute Gasteiger partial charge is 0.412 e. The minimum absolute atomic E-state index is 0.311. The van der Waals surface area contributed by atoms with Gasteiger partial charge in [0.25, 0.3) is 0 Å². The number of hydrogen-bond donors (Lipinski definition) is 2. The van der Waals surface area contributed by atoms with E-state index in [0.717, 1.165) is 36.8 Å². The fourth-order valence-electron chi connectivity index (χ4n) is 5.36. The first-order valence-corrected chi connectivity index (χ1v) is 15.4. The summed E-state index contributed by atoms with van der Waals surface area (Å²) in [5, 5.41) is 5.50. The third-order valence-corrected chi connectivity index (χ3v) is 7.82. The molecular weight excluding hydrogens is 576 g/mol. The van der Waals surface area contributed by atoms with E-state index in [4.69, 9.17) is 18.9 Å². The van der Waals surface area contributed by atoms with Gasteiger partial charge in [0.15, 0.2) is 0 Å². The normalized spacial score (nSPS) is 21.0. The molecule has 0 bridgehead atoms. The van der Waals surface area contributed by atoms with Crippen molar-refractivity contribution in [3.8, 4) is 0 Å². The van der Waals surface area contributed by atoms with Crippen LogP contribution in [0, 0.1) is 0 Å². The lowest BCUT2D eigenvalue weighted by molar-refractivity contribution is -0.153. The number of anilines is 2. The number of amides is 2. The second kappa shape index (κ2) is 15.9. The van der Waals surface area contributed by atoms with Crippen LogP contribution in [0.4, 0.5) is 21.0 Å². The summed E-state index contributed by atoms with van der Waals surface area (Å²) >= 11 is 0. The summed E-state index contributed by atoms with van der Waals surface area (Å²) in [6.45, 7) is 10.4. The Kier molecular flexibility index (Phi) is 11.8. The first-order chi connectivity index (χ1) is 21.6. The summed E-state index contributed by atoms with van der Waals surface area (Å²) < 4.78 is 22.2. The molecule has 2 aromatic rings. The lowest BCUT2D eigenvalue weighted by Gasteiger charge is -2.30. The number of benzene rings is 2. The summed E-state index contributed by atoms with van der Waals surface area (Å²) in [6, 6.07) is 14.9. The largest absolute Gasteiger partial charge is 0.455 e. The van der Waals surface area contributed by atoms with Gasteiger partial charge in [-0.3, -0.25) is 10.6 Å². The molecule has 2 aliphatic carbocycles. The number of carbonyl (C=O) groups is 4. The SMILES string of the molecule is C=C(C)C(=O)OC1CCCCC1OC(=O)Nc1ccc(Cc2ccc(NC(=O)OC3CCCCC3OC(=O)C(=C)C)cc2)cc1. The van der Waals surface area contributed by atoms with E-state index in [1.807, 2.05) is 24.3 Å². The van der Waals surface area contributed by atoms with Crippen LogP contribution in [-0.2, 0) is 35.0 Å². The quantitative estimate of drug-likeness (QED) is 0.162. The van der Waals surface area contributed by atoms with E-state index >= 15 is 0 Å². The molecule has 10 nitrogen and oxygen atoms in total. The Hall–Kier alpha value is -4.60. The van der Waals surface area contributed by atoms with Gasteiger partial charge in [-0.25, -0.2) is 19.2 Å². The van der Waals surface area contributed by atoms with Gasteiger partial charge < -0.3 is 18.9 Å². The average Bonchev–Trinajstić information content (AvgIpc) is 3.01. The lowest BCUT2D eigenvalue weighted by Crippen LogP contribution is -2.38. The van der Waals surface area contributed by atoms with Gasteiger partial charge >= 0.3 is 24.1 Å². The molecule has 240 valence electrons. The van der Waals surface area contributed by atoms with E-state index < -0.39 is 48.5 Å². The molecule has 0 heterocycles. The maximum atomic E-state index is 12.6. The highest BCUT2D eigenvalue weighted by Crippen LogP contribution is 2.27. The first kappa shape index (κ1) is 33.3. The summed E-state index contributed by atoms with van der Waals surface area (Å²) in [7, 11) is 0. The Labute approximate surface area is 264 Å². The van der Waals surface area contributed by atoms with Gasteiger partial charge in [-0.2, -0.15) is 0 Å². The predicted octanol–water partition coefficient (Wildman–Crippen LogP) is 7.24. The summed E-state index contributed by atoms with van der Waals surface area (Å²) in [4.78, 5) is 49.1. The predicted molar refractivity (Wildman–Crippen MR) is 170 cm³/mol. The highest BCUT2D eigenvalue weighted by molar-refractivity contribution is 5.88. The second-order valence-electron chi connectivity index (χ2n) is 11.7. The topological polar surface area (TPSA) is 129 Å². The molecule has 0 aliphatic heterocycles. The number of hydrogen-bond acceptors (Lipinski definition) is 8. The second-order valence-corrected chi connectivity index (χ2v) is 11.7. The molecule has 4 atom stereocenters. The monoisotopic (exact) mass is 618 g/mol. The molecule has 0 radical (unpaired) electrons. The first-order valence-electron chi connectivity index (χ1n) is 15.4. The van der Waals surface area contributed by atoms with Crippen molar-refractivity contribution in [2.45, 2.75) is 96.1 Å². The van der Waals surface area contributed by atoms with Crippen LogP contribution in [0.15, 0.2) is 72.8 Å². The average molecular weight is 619 g/mol. The molecule has 2 fully saturated rings. The number of nitrogens with one attached hydrogen (secondary N) is 2. The van der Waals surface area contributed by atoms with Crippen LogP contribution >= 0.6 is 0 Å². The standard InChI is InChI=1S/C35H42N2O8/c1-22(2)32(38)42-28-9-5-7-11-30(28)44-34(40)36-26-17-13-24(14-18-26)21-25-15-19-27(20-16-25)37-35(41)45-31-12-8-6-10-29(31)43-33(39)23(3)4/h13-20,28-31H,1,3,5-12,21H2,2,4H3,(H,36,40)(H,37,41). The van der Waals surface area contributed by atoms with Gasteiger partial charge in [-0.1, -0.05) is 37.4 Å². The number of esters is 2. The van der Waals surface area contributed by atoms with Crippen LogP contribution in [0.25, 0.3) is 0 Å². The molecule has 2 saturated carbocycles. The van der Waals surface area contributed by atoms with E-state index in [1.54, 1.807) is 38.1 Å². The zero-order chi connectivity index (χ0) is 32.3. The molecule has 4 rings (SSSR count). The van der Waals surface area contributed by atoms with E-state index in [0.29, 0.717) is 54.6 Å². The molecule has 0 spiro atoms. The molecular formula is C35H42N2O8. The van der Waals surface area contributed by atoms with Crippen LogP contribution < -0.4 is 10.6 Å². The van der Waals surface area contributed by atoms with Gasteiger partial charge in [0.05, 0.1) is 0 Å². The number of rotatable bonds is 10. The molecule has 2 amide bonds. The minimum atomic E-state index is -0.598.